The maximum absolute atomic E-state index is 11.8. The van der Waals surface area contributed by atoms with Crippen molar-refractivity contribution in [3.63, 3.8) is 0 Å². The van der Waals surface area contributed by atoms with Gasteiger partial charge in [-0.05, 0) is 37.8 Å². The molecule has 0 atom stereocenters. The van der Waals surface area contributed by atoms with Gasteiger partial charge in [-0.1, -0.05) is 11.3 Å². The van der Waals surface area contributed by atoms with Crippen molar-refractivity contribution in [2.45, 2.75) is 44.1 Å². The van der Waals surface area contributed by atoms with Gasteiger partial charge in [0.1, 0.15) is 5.01 Å². The molecule has 1 N–H and O–H groups in total. The Labute approximate surface area is 138 Å². The maximum atomic E-state index is 11.8. The molecule has 6 nitrogen and oxygen atoms in total. The first kappa shape index (κ1) is 14.6. The van der Waals surface area contributed by atoms with Crippen molar-refractivity contribution in [1.82, 2.24) is 15.2 Å². The lowest BCUT2D eigenvalue weighted by Crippen LogP contribution is -2.10. The predicted molar refractivity (Wildman–Crippen MR) is 86.8 cm³/mol. The molecule has 120 valence electrons. The van der Waals surface area contributed by atoms with Gasteiger partial charge in [0.15, 0.2) is 0 Å². The number of pyridine rings is 1. The van der Waals surface area contributed by atoms with Gasteiger partial charge in [-0.25, -0.2) is 4.79 Å². The smallest absolute Gasteiger partial charge is 0.339 e. The van der Waals surface area contributed by atoms with E-state index in [1.54, 1.807) is 11.3 Å². The molecule has 0 bridgehead atoms. The Balaban J connectivity index is 1.47. The summed E-state index contributed by atoms with van der Waals surface area (Å²) in [6.07, 6.45) is 4.65. The molecule has 0 saturated heterocycles. The van der Waals surface area contributed by atoms with E-state index in [9.17, 15) is 4.79 Å². The van der Waals surface area contributed by atoms with Crippen molar-refractivity contribution >= 4 is 22.4 Å². The Kier molecular flexibility index (Phi) is 3.72. The van der Waals surface area contributed by atoms with Crippen LogP contribution in [0.4, 0.5) is 5.13 Å². The standard InChI is InChI=1S/C16H18N4O2S/c1-22-15(21)12-7-6-11(18-13(12)9-2-3-9)8-17-16-20-19-14(23-16)10-4-5-10/h6-7,9-10H,2-5,8H2,1H3,(H,17,20). The molecule has 0 aliphatic heterocycles. The molecule has 4 rings (SSSR count). The Bertz CT molecular complexity index is 737. The normalized spacial score (nSPS) is 17.1. The van der Waals surface area contributed by atoms with Crippen LogP contribution in [0.1, 0.15) is 64.3 Å². The minimum absolute atomic E-state index is 0.308. The number of hydrogen-bond acceptors (Lipinski definition) is 7. The molecule has 23 heavy (non-hydrogen) atoms. The number of nitrogens with zero attached hydrogens (tertiary/aromatic N) is 3. The molecule has 0 radical (unpaired) electrons. The number of anilines is 1. The quantitative estimate of drug-likeness (QED) is 0.820. The number of hydrogen-bond donors (Lipinski definition) is 1. The van der Waals surface area contributed by atoms with E-state index in [2.05, 4.69) is 20.5 Å². The molecule has 2 aliphatic rings. The van der Waals surface area contributed by atoms with Crippen molar-refractivity contribution in [1.29, 1.82) is 0 Å². The van der Waals surface area contributed by atoms with Crippen molar-refractivity contribution in [2.24, 2.45) is 0 Å². The summed E-state index contributed by atoms with van der Waals surface area (Å²) < 4.78 is 4.84. The van der Waals surface area contributed by atoms with E-state index in [4.69, 9.17) is 4.74 Å². The minimum atomic E-state index is -0.308. The molecule has 2 aromatic heterocycles. The summed E-state index contributed by atoms with van der Waals surface area (Å²) in [5.41, 5.74) is 2.36. The van der Waals surface area contributed by atoms with Gasteiger partial charge in [-0.2, -0.15) is 0 Å². The van der Waals surface area contributed by atoms with Crippen molar-refractivity contribution in [2.75, 3.05) is 12.4 Å². The monoisotopic (exact) mass is 330 g/mol. The van der Waals surface area contributed by atoms with Gasteiger partial charge in [0, 0.05) is 11.8 Å². The summed E-state index contributed by atoms with van der Waals surface area (Å²) in [6, 6.07) is 3.69. The van der Waals surface area contributed by atoms with E-state index < -0.39 is 0 Å². The highest BCUT2D eigenvalue weighted by Gasteiger charge is 2.30. The number of esters is 1. The van der Waals surface area contributed by atoms with Crippen LogP contribution in [0.3, 0.4) is 0 Å². The van der Waals surface area contributed by atoms with Crippen LogP contribution in [-0.4, -0.2) is 28.3 Å². The lowest BCUT2D eigenvalue weighted by molar-refractivity contribution is 0.0599. The molecule has 2 aliphatic carbocycles. The van der Waals surface area contributed by atoms with Gasteiger partial charge in [0.25, 0.3) is 0 Å². The summed E-state index contributed by atoms with van der Waals surface area (Å²) in [4.78, 5) is 16.5. The molecule has 2 heterocycles. The number of nitrogens with one attached hydrogen (secondary N) is 1. The summed E-state index contributed by atoms with van der Waals surface area (Å²) in [5, 5.41) is 13.6. The van der Waals surface area contributed by atoms with E-state index in [0.29, 0.717) is 23.9 Å². The predicted octanol–water partition coefficient (Wildman–Crippen LogP) is 3.09. The van der Waals surface area contributed by atoms with E-state index in [0.717, 1.165) is 34.4 Å². The van der Waals surface area contributed by atoms with E-state index >= 15 is 0 Å². The van der Waals surface area contributed by atoms with Crippen molar-refractivity contribution in [3.8, 4) is 0 Å². The third-order valence-corrected chi connectivity index (χ3v) is 5.18. The van der Waals surface area contributed by atoms with Crippen LogP contribution in [0.5, 0.6) is 0 Å². The second kappa shape index (κ2) is 5.88. The number of carbonyl (C=O) groups is 1. The second-order valence-corrected chi connectivity index (χ2v) is 7.08. The summed E-state index contributed by atoms with van der Waals surface area (Å²) in [7, 11) is 1.40. The van der Waals surface area contributed by atoms with E-state index in [-0.39, 0.29) is 5.97 Å². The fraction of sp³-hybridized carbons (Fsp3) is 0.500. The molecular formula is C16H18N4O2S. The molecule has 0 spiro atoms. The van der Waals surface area contributed by atoms with Crippen LogP contribution in [0.2, 0.25) is 0 Å². The fourth-order valence-electron chi connectivity index (χ4n) is 2.53. The van der Waals surface area contributed by atoms with Crippen LogP contribution >= 0.6 is 11.3 Å². The average Bonchev–Trinajstić information content (AvgIpc) is 3.50. The third-order valence-electron chi connectivity index (χ3n) is 4.14. The number of rotatable bonds is 6. The largest absolute Gasteiger partial charge is 0.465 e. The molecule has 0 amide bonds. The highest BCUT2D eigenvalue weighted by Crippen LogP contribution is 2.42. The molecule has 2 aromatic rings. The summed E-state index contributed by atoms with van der Waals surface area (Å²) in [6.45, 7) is 0.584. The zero-order valence-corrected chi connectivity index (χ0v) is 13.7. The maximum Gasteiger partial charge on any atom is 0.339 e. The Morgan fingerprint density at radius 2 is 2.04 bits per heavy atom. The average molecular weight is 330 g/mol. The number of ether oxygens (including phenoxy) is 1. The topological polar surface area (TPSA) is 77.0 Å². The first-order valence-corrected chi connectivity index (χ1v) is 8.71. The van der Waals surface area contributed by atoms with Gasteiger partial charge in [-0.15, -0.1) is 10.2 Å². The number of methoxy groups -OCH3 is 1. The van der Waals surface area contributed by atoms with Crippen molar-refractivity contribution < 1.29 is 9.53 Å². The van der Waals surface area contributed by atoms with Crippen LogP contribution in [-0.2, 0) is 11.3 Å². The molecule has 2 fully saturated rings. The second-order valence-electron chi connectivity index (χ2n) is 6.07. The van der Waals surface area contributed by atoms with Crippen molar-refractivity contribution in [3.05, 3.63) is 34.1 Å². The van der Waals surface area contributed by atoms with Crippen LogP contribution in [0.25, 0.3) is 0 Å². The van der Waals surface area contributed by atoms with Crippen LogP contribution < -0.4 is 5.32 Å². The Hall–Kier alpha value is -2.02. The van der Waals surface area contributed by atoms with Crippen LogP contribution in [0.15, 0.2) is 12.1 Å². The Morgan fingerprint density at radius 1 is 1.26 bits per heavy atom. The summed E-state index contributed by atoms with van der Waals surface area (Å²) >= 11 is 1.62. The van der Waals surface area contributed by atoms with Gasteiger partial charge in [-0.3, -0.25) is 4.98 Å². The fourth-order valence-corrected chi connectivity index (χ4v) is 3.44. The first-order valence-electron chi connectivity index (χ1n) is 7.90. The summed E-state index contributed by atoms with van der Waals surface area (Å²) in [5.74, 6) is 0.714. The third kappa shape index (κ3) is 3.19. The van der Waals surface area contributed by atoms with E-state index in [1.807, 2.05) is 12.1 Å². The van der Waals surface area contributed by atoms with Gasteiger partial charge < -0.3 is 10.1 Å². The lowest BCUT2D eigenvalue weighted by Gasteiger charge is -2.09. The van der Waals surface area contributed by atoms with Gasteiger partial charge in [0.2, 0.25) is 5.13 Å². The Morgan fingerprint density at radius 3 is 2.74 bits per heavy atom. The lowest BCUT2D eigenvalue weighted by atomic mass is 10.1. The highest BCUT2D eigenvalue weighted by molar-refractivity contribution is 7.15. The number of aromatic nitrogens is 3. The SMILES string of the molecule is COC(=O)c1ccc(CNc2nnc(C3CC3)s2)nc1C1CC1. The van der Waals surface area contributed by atoms with Gasteiger partial charge >= 0.3 is 5.97 Å². The minimum Gasteiger partial charge on any atom is -0.465 e. The zero-order valence-electron chi connectivity index (χ0n) is 12.9. The molecule has 7 heteroatoms. The van der Waals surface area contributed by atoms with E-state index in [1.165, 1.54) is 20.0 Å². The van der Waals surface area contributed by atoms with Crippen LogP contribution in [0, 0.1) is 0 Å². The first-order chi connectivity index (χ1) is 11.2. The molecule has 2 saturated carbocycles. The molecule has 0 aromatic carbocycles. The molecular weight excluding hydrogens is 312 g/mol. The highest BCUT2D eigenvalue weighted by atomic mass is 32.1. The zero-order chi connectivity index (χ0) is 15.8. The van der Waals surface area contributed by atoms with Gasteiger partial charge in [0.05, 0.1) is 30.6 Å². The number of carbonyl (C=O) groups excluding carboxylic acids is 1. The molecule has 0 unspecified atom stereocenters.